The monoisotopic (exact) mass is 439 g/mol. The highest BCUT2D eigenvalue weighted by Gasteiger charge is 2.24. The largest absolute Gasteiger partial charge is 0.477 e. The normalized spacial score (nSPS) is 12.4. The number of carbonyl (C=O) groups excluding carboxylic acids is 1. The van der Waals surface area contributed by atoms with E-state index in [1.807, 2.05) is 32.9 Å². The van der Waals surface area contributed by atoms with Gasteiger partial charge in [0, 0.05) is 16.7 Å². The molecule has 3 aromatic rings. The Morgan fingerprint density at radius 2 is 1.69 bits per heavy atom. The summed E-state index contributed by atoms with van der Waals surface area (Å²) in [4.78, 5) is 13.2. The molecule has 2 N–H and O–H groups in total. The van der Waals surface area contributed by atoms with Crippen LogP contribution in [-0.4, -0.2) is 36.9 Å². The lowest BCUT2D eigenvalue weighted by molar-refractivity contribution is 0.0783. The average molecular weight is 440 g/mol. The van der Waals surface area contributed by atoms with Gasteiger partial charge in [0.25, 0.3) is 0 Å². The molecule has 0 aliphatic heterocycles. The first-order valence-electron chi connectivity index (χ1n) is 10.8. The standard InChI is InChI=1S/C24H33N5O3/c1-9-32-21-15(3)14(2)20-26-28(22(25)29(20)27-21)13-19(30)16-10-17(23(4,5)6)12-18(11-16)24(7,8)31/h10-12,25,31H,9,13H2,1-8H3. The molecule has 0 bridgehead atoms. The third-order valence-electron chi connectivity index (χ3n) is 5.67. The number of aromatic nitrogens is 4. The topological polar surface area (TPSA) is 106 Å². The van der Waals surface area contributed by atoms with E-state index in [1.54, 1.807) is 19.9 Å². The Hall–Kier alpha value is -3.00. The molecule has 0 aliphatic carbocycles. The number of fused-ring (bicyclic) bond motifs is 1. The van der Waals surface area contributed by atoms with E-state index < -0.39 is 5.60 Å². The van der Waals surface area contributed by atoms with Crippen molar-refractivity contribution in [3.05, 3.63) is 51.6 Å². The summed E-state index contributed by atoms with van der Waals surface area (Å²) in [5.41, 5.74) is 3.06. The smallest absolute Gasteiger partial charge is 0.242 e. The first-order valence-corrected chi connectivity index (χ1v) is 10.8. The summed E-state index contributed by atoms with van der Waals surface area (Å²) in [5, 5.41) is 27.9. The van der Waals surface area contributed by atoms with Gasteiger partial charge < -0.3 is 9.84 Å². The van der Waals surface area contributed by atoms with Gasteiger partial charge in [-0.05, 0) is 63.3 Å². The van der Waals surface area contributed by atoms with Gasteiger partial charge in [0.15, 0.2) is 11.4 Å². The van der Waals surface area contributed by atoms with E-state index in [9.17, 15) is 9.90 Å². The maximum absolute atomic E-state index is 13.2. The zero-order valence-electron chi connectivity index (χ0n) is 20.2. The lowest BCUT2D eigenvalue weighted by Crippen LogP contribution is -2.27. The second kappa shape index (κ2) is 8.16. The van der Waals surface area contributed by atoms with Crippen molar-refractivity contribution < 1.29 is 14.6 Å². The minimum absolute atomic E-state index is 0.00732. The van der Waals surface area contributed by atoms with E-state index in [1.165, 1.54) is 9.20 Å². The third-order valence-corrected chi connectivity index (χ3v) is 5.67. The molecule has 2 heterocycles. The molecule has 8 nitrogen and oxygen atoms in total. The molecule has 0 radical (unpaired) electrons. The summed E-state index contributed by atoms with van der Waals surface area (Å²) in [6, 6.07) is 5.52. The van der Waals surface area contributed by atoms with Gasteiger partial charge in [-0.3, -0.25) is 10.2 Å². The number of hydrogen-bond donors (Lipinski definition) is 2. The molecule has 0 saturated heterocycles. The Kier molecular flexibility index (Phi) is 6.04. The van der Waals surface area contributed by atoms with E-state index in [0.29, 0.717) is 29.3 Å². The fourth-order valence-electron chi connectivity index (χ4n) is 3.42. The van der Waals surface area contributed by atoms with E-state index in [2.05, 4.69) is 31.0 Å². The predicted octanol–water partition coefficient (Wildman–Crippen LogP) is 3.43. The van der Waals surface area contributed by atoms with Crippen LogP contribution in [0.4, 0.5) is 0 Å². The molecule has 1 aromatic carbocycles. The van der Waals surface area contributed by atoms with Crippen molar-refractivity contribution in [2.45, 2.75) is 73.0 Å². The number of Topliss-reactive ketones (excluding diaryl/α,β-unsaturated/α-hetero) is 1. The number of aryl methyl sites for hydroxylation is 1. The highest BCUT2D eigenvalue weighted by Crippen LogP contribution is 2.29. The fourth-order valence-corrected chi connectivity index (χ4v) is 3.42. The molecule has 8 heteroatoms. The van der Waals surface area contributed by atoms with Crippen LogP contribution in [0.3, 0.4) is 0 Å². The minimum atomic E-state index is -1.08. The lowest BCUT2D eigenvalue weighted by Gasteiger charge is -2.25. The summed E-state index contributed by atoms with van der Waals surface area (Å²) in [7, 11) is 0. The SMILES string of the molecule is CCOc1nn2c(=N)n(CC(=O)c3cc(C(C)(C)C)cc(C(C)(C)O)c3)nc2c(C)c1C. The van der Waals surface area contributed by atoms with Gasteiger partial charge in [0.1, 0.15) is 6.54 Å². The number of aliphatic hydroxyl groups is 1. The highest BCUT2D eigenvalue weighted by atomic mass is 16.5. The van der Waals surface area contributed by atoms with Crippen LogP contribution in [0, 0.1) is 19.3 Å². The number of nitrogens with zero attached hydrogens (tertiary/aromatic N) is 4. The maximum atomic E-state index is 13.2. The summed E-state index contributed by atoms with van der Waals surface area (Å²) >= 11 is 0. The number of nitrogens with one attached hydrogen (secondary N) is 1. The van der Waals surface area contributed by atoms with Crippen LogP contribution < -0.4 is 10.4 Å². The Labute approximate surface area is 188 Å². The highest BCUT2D eigenvalue weighted by molar-refractivity contribution is 5.96. The average Bonchev–Trinajstić information content (AvgIpc) is 3.00. The number of benzene rings is 1. The van der Waals surface area contributed by atoms with Gasteiger partial charge >= 0.3 is 0 Å². The summed E-state index contributed by atoms with van der Waals surface area (Å²) < 4.78 is 8.33. The molecule has 3 rings (SSSR count). The molecule has 0 spiro atoms. The van der Waals surface area contributed by atoms with Crippen LogP contribution in [-0.2, 0) is 17.6 Å². The van der Waals surface area contributed by atoms with E-state index in [4.69, 9.17) is 10.1 Å². The van der Waals surface area contributed by atoms with Gasteiger partial charge in [-0.2, -0.15) is 4.52 Å². The molecular formula is C24H33N5O3. The first-order chi connectivity index (χ1) is 14.7. The van der Waals surface area contributed by atoms with Crippen molar-refractivity contribution in [2.75, 3.05) is 6.61 Å². The fraction of sp³-hybridized carbons (Fsp3) is 0.500. The second-order valence-corrected chi connectivity index (χ2v) is 9.74. The van der Waals surface area contributed by atoms with Gasteiger partial charge in [-0.25, -0.2) is 4.68 Å². The first kappa shape index (κ1) is 23.7. The van der Waals surface area contributed by atoms with Crippen LogP contribution in [0.2, 0.25) is 0 Å². The lowest BCUT2D eigenvalue weighted by atomic mass is 9.82. The number of hydrogen-bond acceptors (Lipinski definition) is 6. The van der Waals surface area contributed by atoms with Crippen LogP contribution in [0.1, 0.15) is 74.2 Å². The molecule has 0 aliphatic rings. The van der Waals surface area contributed by atoms with Gasteiger partial charge in [-0.15, -0.1) is 10.2 Å². The molecule has 32 heavy (non-hydrogen) atoms. The van der Waals surface area contributed by atoms with Crippen molar-refractivity contribution in [3.63, 3.8) is 0 Å². The molecule has 0 fully saturated rings. The molecule has 0 amide bonds. The quantitative estimate of drug-likeness (QED) is 0.573. The van der Waals surface area contributed by atoms with Crippen LogP contribution >= 0.6 is 0 Å². The van der Waals surface area contributed by atoms with E-state index in [0.717, 1.165) is 16.7 Å². The molecule has 0 saturated carbocycles. The van der Waals surface area contributed by atoms with Crippen molar-refractivity contribution in [1.29, 1.82) is 5.41 Å². The summed E-state index contributed by atoms with van der Waals surface area (Å²) in [6.07, 6.45) is 0. The molecular weight excluding hydrogens is 406 g/mol. The summed E-state index contributed by atoms with van der Waals surface area (Å²) in [5.74, 6) is 0.262. The zero-order chi connectivity index (χ0) is 24.0. The van der Waals surface area contributed by atoms with Crippen molar-refractivity contribution in [3.8, 4) is 5.88 Å². The van der Waals surface area contributed by atoms with Gasteiger partial charge in [0.05, 0.1) is 12.2 Å². The second-order valence-electron chi connectivity index (χ2n) is 9.74. The number of rotatable bonds is 6. The van der Waals surface area contributed by atoms with Crippen LogP contribution in [0.25, 0.3) is 5.65 Å². The number of ether oxygens (including phenoxy) is 1. The maximum Gasteiger partial charge on any atom is 0.242 e. The third kappa shape index (κ3) is 4.46. The Morgan fingerprint density at radius 3 is 2.25 bits per heavy atom. The number of ketones is 1. The van der Waals surface area contributed by atoms with Gasteiger partial charge in [0.2, 0.25) is 11.5 Å². The molecule has 172 valence electrons. The molecule has 2 aromatic heterocycles. The van der Waals surface area contributed by atoms with E-state index in [-0.39, 0.29) is 23.4 Å². The van der Waals surface area contributed by atoms with Crippen molar-refractivity contribution >= 4 is 11.4 Å². The molecule has 0 atom stereocenters. The predicted molar refractivity (Wildman–Crippen MR) is 122 cm³/mol. The van der Waals surface area contributed by atoms with Crippen LogP contribution in [0.5, 0.6) is 5.88 Å². The Bertz CT molecular complexity index is 1210. The van der Waals surface area contributed by atoms with Crippen molar-refractivity contribution in [1.82, 2.24) is 19.4 Å². The Balaban J connectivity index is 2.06. The molecule has 0 unspecified atom stereocenters. The van der Waals surface area contributed by atoms with Crippen LogP contribution in [0.15, 0.2) is 18.2 Å². The summed E-state index contributed by atoms with van der Waals surface area (Å²) in [6.45, 7) is 15.6. The van der Waals surface area contributed by atoms with Crippen molar-refractivity contribution in [2.24, 2.45) is 0 Å². The number of carbonyl (C=O) groups is 1. The van der Waals surface area contributed by atoms with E-state index >= 15 is 0 Å². The zero-order valence-corrected chi connectivity index (χ0v) is 20.2. The Morgan fingerprint density at radius 1 is 1.06 bits per heavy atom. The van der Waals surface area contributed by atoms with Gasteiger partial charge in [-0.1, -0.05) is 26.8 Å². The minimum Gasteiger partial charge on any atom is -0.477 e.